The van der Waals surface area contributed by atoms with Crippen LogP contribution < -0.4 is 15.0 Å². The largest absolute Gasteiger partial charge is 0.495 e. The van der Waals surface area contributed by atoms with Crippen molar-refractivity contribution in [2.75, 3.05) is 38.2 Å². The Morgan fingerprint density at radius 3 is 2.64 bits per heavy atom. The molecule has 1 aromatic rings. The van der Waals surface area contributed by atoms with Crippen molar-refractivity contribution in [2.24, 2.45) is 5.92 Å². The van der Waals surface area contributed by atoms with E-state index in [1.807, 2.05) is 25.1 Å². The highest BCUT2D eigenvalue weighted by Gasteiger charge is 2.37. The van der Waals surface area contributed by atoms with Gasteiger partial charge in [-0.3, -0.25) is 14.5 Å². The third-order valence-electron chi connectivity index (χ3n) is 6.03. The molecule has 2 aliphatic heterocycles. The number of ether oxygens (including phenoxy) is 1. The number of methoxy groups -OCH3 is 1. The van der Waals surface area contributed by atoms with E-state index in [4.69, 9.17) is 4.74 Å². The van der Waals surface area contributed by atoms with Gasteiger partial charge in [0.15, 0.2) is 0 Å². The Morgan fingerprint density at radius 2 is 1.96 bits per heavy atom. The van der Waals surface area contributed by atoms with Crippen LogP contribution in [0.15, 0.2) is 18.2 Å². The van der Waals surface area contributed by atoms with E-state index >= 15 is 0 Å². The predicted octanol–water partition coefficient (Wildman–Crippen LogP) is 2.74. The van der Waals surface area contributed by atoms with E-state index in [0.717, 1.165) is 24.3 Å². The van der Waals surface area contributed by atoms with Crippen LogP contribution in [0.25, 0.3) is 0 Å². The number of amides is 2. The fourth-order valence-electron chi connectivity index (χ4n) is 4.19. The second kappa shape index (κ2) is 8.52. The normalized spacial score (nSPS) is 21.1. The van der Waals surface area contributed by atoms with Gasteiger partial charge >= 0.3 is 0 Å². The maximum atomic E-state index is 12.8. The molecular weight excluding hydrogens is 354 g/mol. The van der Waals surface area contributed by atoms with Gasteiger partial charge < -0.3 is 15.0 Å². The molecule has 154 valence electrons. The maximum absolute atomic E-state index is 12.8. The average molecular weight is 388 g/mol. The lowest BCUT2D eigenvalue weighted by Crippen LogP contribution is -2.54. The summed E-state index contributed by atoms with van der Waals surface area (Å²) in [6.45, 7) is 9.53. The number of hydrogen-bond donors (Lipinski definition) is 1. The van der Waals surface area contributed by atoms with Gasteiger partial charge in [-0.2, -0.15) is 0 Å². The van der Waals surface area contributed by atoms with Gasteiger partial charge in [0.1, 0.15) is 5.75 Å². The number of benzene rings is 1. The quantitative estimate of drug-likeness (QED) is 0.815. The molecule has 0 aromatic heterocycles. The van der Waals surface area contributed by atoms with Crippen LogP contribution >= 0.6 is 0 Å². The number of piperidine rings is 1. The summed E-state index contributed by atoms with van der Waals surface area (Å²) < 4.78 is 5.42. The maximum Gasteiger partial charge on any atom is 0.227 e. The predicted molar refractivity (Wildman–Crippen MR) is 111 cm³/mol. The van der Waals surface area contributed by atoms with Crippen LogP contribution in [-0.2, 0) is 9.59 Å². The molecule has 28 heavy (non-hydrogen) atoms. The topological polar surface area (TPSA) is 61.9 Å². The van der Waals surface area contributed by atoms with Gasteiger partial charge in [-0.05, 0) is 64.4 Å². The SMILES string of the molecule is COc1ccc(C)cc1N1CC(C(=O)NCC(C)(C)N2CCCCC2)CC1=O. The number of likely N-dealkylation sites (tertiary alicyclic amines) is 1. The first-order valence-electron chi connectivity index (χ1n) is 10.3. The lowest BCUT2D eigenvalue weighted by molar-refractivity contribution is -0.126. The van der Waals surface area contributed by atoms with Gasteiger partial charge in [0.05, 0.1) is 18.7 Å². The minimum absolute atomic E-state index is 0.0284. The van der Waals surface area contributed by atoms with Crippen molar-refractivity contribution in [2.45, 2.75) is 52.0 Å². The summed E-state index contributed by atoms with van der Waals surface area (Å²) in [5, 5.41) is 3.10. The lowest BCUT2D eigenvalue weighted by Gasteiger charge is -2.41. The molecule has 2 saturated heterocycles. The molecule has 2 heterocycles. The van der Waals surface area contributed by atoms with Gasteiger partial charge in [0, 0.05) is 25.0 Å². The van der Waals surface area contributed by atoms with Crippen molar-refractivity contribution in [3.8, 4) is 5.75 Å². The molecule has 1 N–H and O–H groups in total. The molecule has 0 radical (unpaired) electrons. The van der Waals surface area contributed by atoms with Gasteiger partial charge in [0.2, 0.25) is 11.8 Å². The highest BCUT2D eigenvalue weighted by atomic mass is 16.5. The van der Waals surface area contributed by atoms with Gasteiger partial charge in [0.25, 0.3) is 0 Å². The zero-order chi connectivity index (χ0) is 20.3. The van der Waals surface area contributed by atoms with Crippen LogP contribution in [0.1, 0.15) is 45.1 Å². The van der Waals surface area contributed by atoms with Crippen molar-refractivity contribution >= 4 is 17.5 Å². The molecule has 0 bridgehead atoms. The summed E-state index contributed by atoms with van der Waals surface area (Å²) in [5.74, 6) is 0.271. The first-order chi connectivity index (χ1) is 13.3. The molecule has 1 unspecified atom stereocenters. The number of rotatable bonds is 6. The summed E-state index contributed by atoms with van der Waals surface area (Å²) in [5.41, 5.74) is 1.73. The second-order valence-electron chi connectivity index (χ2n) is 8.66. The number of nitrogens with zero attached hydrogens (tertiary/aromatic N) is 2. The van der Waals surface area contributed by atoms with Crippen molar-refractivity contribution in [3.05, 3.63) is 23.8 Å². The standard InChI is InChI=1S/C22H33N3O3/c1-16-8-9-19(28-4)18(12-16)25-14-17(13-20(25)26)21(27)23-15-22(2,3)24-10-6-5-7-11-24/h8-9,12,17H,5-7,10-11,13-15H2,1-4H3,(H,23,27). The van der Waals surface area contributed by atoms with Crippen LogP contribution in [0.2, 0.25) is 0 Å². The molecular formula is C22H33N3O3. The Hall–Kier alpha value is -2.08. The fraction of sp³-hybridized carbons (Fsp3) is 0.636. The Labute approximate surface area is 168 Å². The second-order valence-corrected chi connectivity index (χ2v) is 8.66. The first kappa shape index (κ1) is 20.6. The van der Waals surface area contributed by atoms with Gasteiger partial charge in [-0.15, -0.1) is 0 Å². The molecule has 2 aliphatic rings. The Bertz CT molecular complexity index is 726. The number of carbonyl (C=O) groups is 2. The van der Waals surface area contributed by atoms with E-state index < -0.39 is 0 Å². The smallest absolute Gasteiger partial charge is 0.227 e. The monoisotopic (exact) mass is 387 g/mol. The third-order valence-corrected chi connectivity index (χ3v) is 6.03. The minimum atomic E-state index is -0.324. The zero-order valence-corrected chi connectivity index (χ0v) is 17.6. The van der Waals surface area contributed by atoms with Crippen molar-refractivity contribution in [1.29, 1.82) is 0 Å². The highest BCUT2D eigenvalue weighted by Crippen LogP contribution is 2.34. The Kier molecular flexibility index (Phi) is 6.28. The summed E-state index contributed by atoms with van der Waals surface area (Å²) in [4.78, 5) is 29.5. The number of hydrogen-bond acceptors (Lipinski definition) is 4. The number of nitrogens with one attached hydrogen (secondary N) is 1. The third kappa shape index (κ3) is 4.49. The molecule has 2 fully saturated rings. The number of carbonyl (C=O) groups excluding carboxylic acids is 2. The Morgan fingerprint density at radius 1 is 1.25 bits per heavy atom. The van der Waals surface area contributed by atoms with E-state index in [9.17, 15) is 9.59 Å². The van der Waals surface area contributed by atoms with Crippen LogP contribution in [0.4, 0.5) is 5.69 Å². The summed E-state index contributed by atoms with van der Waals surface area (Å²) in [6.07, 6.45) is 3.98. The molecule has 6 nitrogen and oxygen atoms in total. The lowest BCUT2D eigenvalue weighted by atomic mass is 9.98. The van der Waals surface area contributed by atoms with E-state index in [1.54, 1.807) is 12.0 Å². The van der Waals surface area contributed by atoms with Gasteiger partial charge in [-0.1, -0.05) is 12.5 Å². The number of aryl methyl sites for hydroxylation is 1. The summed E-state index contributed by atoms with van der Waals surface area (Å²) in [7, 11) is 1.60. The molecule has 1 atom stereocenters. The van der Waals surface area contributed by atoms with Crippen LogP contribution in [0.5, 0.6) is 5.75 Å². The van der Waals surface area contributed by atoms with Crippen molar-refractivity contribution in [1.82, 2.24) is 10.2 Å². The van der Waals surface area contributed by atoms with Crippen LogP contribution in [0.3, 0.4) is 0 Å². The number of anilines is 1. The van der Waals surface area contributed by atoms with Gasteiger partial charge in [-0.25, -0.2) is 0 Å². The van der Waals surface area contributed by atoms with E-state index in [1.165, 1.54) is 19.3 Å². The Balaban J connectivity index is 1.62. The van der Waals surface area contributed by atoms with E-state index in [2.05, 4.69) is 24.1 Å². The molecule has 2 amide bonds. The molecule has 0 aliphatic carbocycles. The van der Waals surface area contributed by atoms with Crippen molar-refractivity contribution in [3.63, 3.8) is 0 Å². The first-order valence-corrected chi connectivity index (χ1v) is 10.3. The zero-order valence-electron chi connectivity index (χ0n) is 17.6. The fourth-order valence-corrected chi connectivity index (χ4v) is 4.19. The van der Waals surface area contributed by atoms with Crippen molar-refractivity contribution < 1.29 is 14.3 Å². The molecule has 6 heteroatoms. The summed E-state index contributed by atoms with van der Waals surface area (Å²) >= 11 is 0. The van der Waals surface area contributed by atoms with E-state index in [0.29, 0.717) is 18.8 Å². The average Bonchev–Trinajstić information content (AvgIpc) is 3.08. The minimum Gasteiger partial charge on any atom is -0.495 e. The van der Waals surface area contributed by atoms with Crippen LogP contribution in [0, 0.1) is 12.8 Å². The molecule has 0 saturated carbocycles. The highest BCUT2D eigenvalue weighted by molar-refractivity contribution is 6.01. The summed E-state index contributed by atoms with van der Waals surface area (Å²) in [6, 6.07) is 5.76. The molecule has 3 rings (SSSR count). The van der Waals surface area contributed by atoms with E-state index in [-0.39, 0.29) is 29.7 Å². The molecule has 0 spiro atoms. The van der Waals surface area contributed by atoms with Crippen LogP contribution in [-0.4, -0.2) is 55.5 Å². The molecule has 1 aromatic carbocycles.